The van der Waals surface area contributed by atoms with Crippen LogP contribution in [0.2, 0.25) is 0 Å². The minimum atomic E-state index is 0.580. The monoisotopic (exact) mass is 244 g/mol. The Morgan fingerprint density at radius 3 is 3.00 bits per heavy atom. The van der Waals surface area contributed by atoms with Crippen molar-refractivity contribution in [2.75, 3.05) is 19.6 Å². The van der Waals surface area contributed by atoms with Crippen LogP contribution in [-0.4, -0.2) is 33.9 Å². The highest BCUT2D eigenvalue weighted by atomic mass is 15.1. The Kier molecular flexibility index (Phi) is 3.06. The number of likely N-dealkylation sites (N-methyl/N-ethyl adjacent to an activating group) is 1. The lowest BCUT2D eigenvalue weighted by Gasteiger charge is -2.11. The summed E-state index contributed by atoms with van der Waals surface area (Å²) >= 11 is 0. The van der Waals surface area contributed by atoms with E-state index in [1.54, 1.807) is 0 Å². The first-order chi connectivity index (χ1) is 8.80. The smallest absolute Gasteiger partial charge is 0.137 e. The number of nitrogens with two attached hydrogens (primary N) is 1. The fourth-order valence-electron chi connectivity index (χ4n) is 2.74. The normalized spacial score (nSPS) is 20.9. The van der Waals surface area contributed by atoms with Gasteiger partial charge in [0.05, 0.1) is 5.69 Å². The zero-order valence-corrected chi connectivity index (χ0v) is 10.8. The third-order valence-electron chi connectivity index (χ3n) is 3.90. The molecule has 0 bridgehead atoms. The van der Waals surface area contributed by atoms with Crippen molar-refractivity contribution >= 4 is 5.65 Å². The van der Waals surface area contributed by atoms with Crippen LogP contribution in [0, 0.1) is 0 Å². The van der Waals surface area contributed by atoms with E-state index >= 15 is 0 Å². The SMILES string of the molecule is CCN1CCC(c2cn3cc(CN)ccc3n2)C1. The molecule has 1 saturated heterocycles. The second-order valence-electron chi connectivity index (χ2n) is 5.05. The lowest BCUT2D eigenvalue weighted by molar-refractivity contribution is 0.353. The molecule has 1 unspecified atom stereocenters. The first-order valence-electron chi connectivity index (χ1n) is 6.70. The van der Waals surface area contributed by atoms with Gasteiger partial charge in [0.1, 0.15) is 5.65 Å². The molecule has 0 saturated carbocycles. The van der Waals surface area contributed by atoms with Crippen molar-refractivity contribution in [3.63, 3.8) is 0 Å². The molecule has 96 valence electrons. The summed E-state index contributed by atoms with van der Waals surface area (Å²) in [5, 5.41) is 0. The molecule has 2 N–H and O–H groups in total. The van der Waals surface area contributed by atoms with Gasteiger partial charge in [-0.3, -0.25) is 0 Å². The molecule has 4 nitrogen and oxygen atoms in total. The fourth-order valence-corrected chi connectivity index (χ4v) is 2.74. The molecule has 1 fully saturated rings. The average Bonchev–Trinajstić information content (AvgIpc) is 3.03. The summed E-state index contributed by atoms with van der Waals surface area (Å²) in [4.78, 5) is 7.22. The molecule has 0 spiro atoms. The van der Waals surface area contributed by atoms with Gasteiger partial charge in [-0.25, -0.2) is 4.98 Å². The maximum absolute atomic E-state index is 5.67. The van der Waals surface area contributed by atoms with Crippen LogP contribution >= 0.6 is 0 Å². The fraction of sp³-hybridized carbons (Fsp3) is 0.500. The van der Waals surface area contributed by atoms with E-state index < -0.39 is 0 Å². The van der Waals surface area contributed by atoms with E-state index in [2.05, 4.69) is 40.8 Å². The number of hydrogen-bond donors (Lipinski definition) is 1. The van der Waals surface area contributed by atoms with E-state index in [9.17, 15) is 0 Å². The number of likely N-dealkylation sites (tertiary alicyclic amines) is 1. The van der Waals surface area contributed by atoms with Crippen LogP contribution in [-0.2, 0) is 6.54 Å². The van der Waals surface area contributed by atoms with E-state index in [1.807, 2.05) is 0 Å². The minimum absolute atomic E-state index is 0.580. The Morgan fingerprint density at radius 1 is 1.39 bits per heavy atom. The highest BCUT2D eigenvalue weighted by Gasteiger charge is 2.24. The number of fused-ring (bicyclic) bond motifs is 1. The van der Waals surface area contributed by atoms with Crippen LogP contribution in [0.25, 0.3) is 5.65 Å². The molecule has 2 aromatic rings. The molecule has 3 rings (SSSR count). The first kappa shape index (κ1) is 11.7. The zero-order chi connectivity index (χ0) is 12.5. The van der Waals surface area contributed by atoms with Crippen LogP contribution in [0.1, 0.15) is 30.5 Å². The van der Waals surface area contributed by atoms with Crippen LogP contribution in [0.5, 0.6) is 0 Å². The van der Waals surface area contributed by atoms with Crippen molar-refractivity contribution in [1.29, 1.82) is 0 Å². The number of rotatable bonds is 3. The summed E-state index contributed by atoms with van der Waals surface area (Å²) in [6, 6.07) is 4.11. The van der Waals surface area contributed by atoms with E-state index in [4.69, 9.17) is 10.7 Å². The van der Waals surface area contributed by atoms with Crippen molar-refractivity contribution in [3.8, 4) is 0 Å². The largest absolute Gasteiger partial charge is 0.326 e. The predicted octanol–water partition coefficient (Wildman–Crippen LogP) is 1.60. The van der Waals surface area contributed by atoms with E-state index in [-0.39, 0.29) is 0 Å². The molecule has 0 amide bonds. The highest BCUT2D eigenvalue weighted by Crippen LogP contribution is 2.26. The van der Waals surface area contributed by atoms with Crippen LogP contribution in [0.3, 0.4) is 0 Å². The van der Waals surface area contributed by atoms with Crippen molar-refractivity contribution in [2.24, 2.45) is 5.73 Å². The van der Waals surface area contributed by atoms with Gasteiger partial charge in [0.2, 0.25) is 0 Å². The second kappa shape index (κ2) is 4.71. The van der Waals surface area contributed by atoms with E-state index in [0.717, 1.165) is 24.3 Å². The molecule has 1 atom stereocenters. The lowest BCUT2D eigenvalue weighted by atomic mass is 10.1. The summed E-state index contributed by atoms with van der Waals surface area (Å²) in [5.74, 6) is 0.589. The molecular weight excluding hydrogens is 224 g/mol. The van der Waals surface area contributed by atoms with Crippen LogP contribution in [0.4, 0.5) is 0 Å². The summed E-state index contributed by atoms with van der Waals surface area (Å²) in [5.41, 5.74) is 9.06. The number of imidazole rings is 1. The zero-order valence-electron chi connectivity index (χ0n) is 10.8. The van der Waals surface area contributed by atoms with Gasteiger partial charge in [0, 0.05) is 31.4 Å². The molecule has 2 aromatic heterocycles. The van der Waals surface area contributed by atoms with E-state index in [0.29, 0.717) is 12.5 Å². The van der Waals surface area contributed by atoms with Gasteiger partial charge in [-0.2, -0.15) is 0 Å². The van der Waals surface area contributed by atoms with Gasteiger partial charge in [-0.05, 0) is 31.1 Å². The van der Waals surface area contributed by atoms with Gasteiger partial charge >= 0.3 is 0 Å². The maximum atomic E-state index is 5.67. The summed E-state index contributed by atoms with van der Waals surface area (Å²) in [7, 11) is 0. The molecular formula is C14H20N4. The molecule has 0 aromatic carbocycles. The molecule has 0 radical (unpaired) electrons. The predicted molar refractivity (Wildman–Crippen MR) is 72.6 cm³/mol. The van der Waals surface area contributed by atoms with Crippen molar-refractivity contribution in [2.45, 2.75) is 25.8 Å². The lowest BCUT2D eigenvalue weighted by Crippen LogP contribution is -2.19. The van der Waals surface area contributed by atoms with Gasteiger partial charge in [-0.15, -0.1) is 0 Å². The van der Waals surface area contributed by atoms with Crippen molar-refractivity contribution in [3.05, 3.63) is 35.8 Å². The number of aromatic nitrogens is 2. The number of nitrogens with zero attached hydrogens (tertiary/aromatic N) is 3. The third kappa shape index (κ3) is 2.02. The molecule has 1 aliphatic rings. The first-order valence-corrected chi connectivity index (χ1v) is 6.70. The molecule has 18 heavy (non-hydrogen) atoms. The third-order valence-corrected chi connectivity index (χ3v) is 3.90. The van der Waals surface area contributed by atoms with Gasteiger partial charge in [0.15, 0.2) is 0 Å². The average molecular weight is 244 g/mol. The Labute approximate surface area is 107 Å². The molecule has 1 aliphatic heterocycles. The standard InChI is InChI=1S/C14H20N4/c1-2-17-6-5-12(9-17)13-10-18-8-11(7-15)3-4-14(18)16-13/h3-4,8,10,12H,2,5-7,9,15H2,1H3. The number of hydrogen-bond acceptors (Lipinski definition) is 3. The van der Waals surface area contributed by atoms with Gasteiger partial charge in [0.25, 0.3) is 0 Å². The molecule has 3 heterocycles. The molecule has 0 aliphatic carbocycles. The quantitative estimate of drug-likeness (QED) is 0.892. The van der Waals surface area contributed by atoms with Crippen molar-refractivity contribution in [1.82, 2.24) is 14.3 Å². The Hall–Kier alpha value is -1.39. The van der Waals surface area contributed by atoms with Crippen LogP contribution < -0.4 is 5.73 Å². The van der Waals surface area contributed by atoms with E-state index in [1.165, 1.54) is 18.7 Å². The number of pyridine rings is 1. The maximum Gasteiger partial charge on any atom is 0.137 e. The molecule has 4 heteroatoms. The minimum Gasteiger partial charge on any atom is -0.326 e. The Bertz CT molecular complexity index is 546. The topological polar surface area (TPSA) is 46.6 Å². The summed E-state index contributed by atoms with van der Waals surface area (Å²) in [6.45, 7) is 6.28. The van der Waals surface area contributed by atoms with Crippen molar-refractivity contribution < 1.29 is 0 Å². The Morgan fingerprint density at radius 2 is 2.28 bits per heavy atom. The Balaban J connectivity index is 1.89. The highest BCUT2D eigenvalue weighted by molar-refractivity contribution is 5.42. The van der Waals surface area contributed by atoms with Gasteiger partial charge < -0.3 is 15.0 Å². The summed E-state index contributed by atoms with van der Waals surface area (Å²) < 4.78 is 2.10. The summed E-state index contributed by atoms with van der Waals surface area (Å²) in [6.07, 6.45) is 5.47. The van der Waals surface area contributed by atoms with Crippen LogP contribution in [0.15, 0.2) is 24.5 Å². The van der Waals surface area contributed by atoms with Gasteiger partial charge in [-0.1, -0.05) is 13.0 Å². The second-order valence-corrected chi connectivity index (χ2v) is 5.05.